The lowest BCUT2D eigenvalue weighted by atomic mass is 10.1. The van der Waals surface area contributed by atoms with E-state index in [0.29, 0.717) is 24.7 Å². The quantitative estimate of drug-likeness (QED) is 0.832. The van der Waals surface area contributed by atoms with Crippen LogP contribution in [0.2, 0.25) is 0 Å². The zero-order valence-corrected chi connectivity index (χ0v) is 13.2. The van der Waals surface area contributed by atoms with Crippen molar-refractivity contribution in [2.24, 2.45) is 0 Å². The highest BCUT2D eigenvalue weighted by Gasteiger charge is 2.25. The number of fused-ring (bicyclic) bond motifs is 1. The lowest BCUT2D eigenvalue weighted by Gasteiger charge is -2.23. The topological polar surface area (TPSA) is 56.8 Å². The molecule has 0 spiro atoms. The third-order valence-electron chi connectivity index (χ3n) is 2.99. The molecule has 1 aliphatic heterocycles. The smallest absolute Gasteiger partial charge is 0.327 e. The normalized spacial score (nSPS) is 14.8. The maximum Gasteiger partial charge on any atom is 0.327 e. The molecular weight excluding hydrogens is 326 g/mol. The molecule has 0 bridgehead atoms. The van der Waals surface area contributed by atoms with E-state index in [0.717, 1.165) is 23.0 Å². The largest absolute Gasteiger partial charge is 0.486 e. The van der Waals surface area contributed by atoms with Crippen LogP contribution in [0.3, 0.4) is 0 Å². The minimum atomic E-state index is -0.507. The van der Waals surface area contributed by atoms with Crippen molar-refractivity contribution in [3.8, 4) is 11.5 Å². The van der Waals surface area contributed by atoms with Gasteiger partial charge in [-0.05, 0) is 46.6 Å². The fraction of sp³-hybridized carbons (Fsp3) is 0.500. The van der Waals surface area contributed by atoms with Gasteiger partial charge >= 0.3 is 5.97 Å². The van der Waals surface area contributed by atoms with Crippen molar-refractivity contribution in [2.45, 2.75) is 19.4 Å². The second-order valence-electron chi connectivity index (χ2n) is 4.44. The second kappa shape index (κ2) is 6.95. The molecule has 0 fully saturated rings. The molecule has 6 heteroatoms. The van der Waals surface area contributed by atoms with Crippen LogP contribution in [-0.2, 0) is 9.53 Å². The summed E-state index contributed by atoms with van der Waals surface area (Å²) in [6, 6.07) is 3.17. The van der Waals surface area contributed by atoms with E-state index >= 15 is 0 Å². The van der Waals surface area contributed by atoms with Crippen LogP contribution >= 0.6 is 15.9 Å². The number of halogens is 1. The van der Waals surface area contributed by atoms with Gasteiger partial charge in [-0.2, -0.15) is 0 Å². The highest BCUT2D eigenvalue weighted by Crippen LogP contribution is 2.40. The standard InChI is InChI=1S/C14H18BrNO4/c1-3-4-16-12(14(17)18-2)9-7-10(15)13-11(8-9)19-5-6-20-13/h7-8,12,16H,3-6H2,1-2H3. The van der Waals surface area contributed by atoms with Gasteiger partial charge in [-0.1, -0.05) is 6.92 Å². The minimum Gasteiger partial charge on any atom is -0.486 e. The molecule has 1 unspecified atom stereocenters. The molecule has 0 aliphatic carbocycles. The number of hydrogen-bond acceptors (Lipinski definition) is 5. The Kier molecular flexibility index (Phi) is 5.25. The number of carbonyl (C=O) groups excluding carboxylic acids is 1. The van der Waals surface area contributed by atoms with Gasteiger partial charge in [0.05, 0.1) is 11.6 Å². The molecule has 1 heterocycles. The summed E-state index contributed by atoms with van der Waals surface area (Å²) >= 11 is 3.46. The number of esters is 1. The lowest BCUT2D eigenvalue weighted by Crippen LogP contribution is -2.30. The molecule has 0 radical (unpaired) electrons. The van der Waals surface area contributed by atoms with E-state index in [2.05, 4.69) is 21.2 Å². The Morgan fingerprint density at radius 3 is 2.90 bits per heavy atom. The van der Waals surface area contributed by atoms with Crippen LogP contribution < -0.4 is 14.8 Å². The summed E-state index contributed by atoms with van der Waals surface area (Å²) in [6.07, 6.45) is 0.930. The molecule has 1 atom stereocenters. The van der Waals surface area contributed by atoms with Crippen molar-refractivity contribution in [1.29, 1.82) is 0 Å². The van der Waals surface area contributed by atoms with Crippen molar-refractivity contribution < 1.29 is 19.0 Å². The van der Waals surface area contributed by atoms with E-state index < -0.39 is 6.04 Å². The summed E-state index contributed by atoms with van der Waals surface area (Å²) in [5.74, 6) is 1.01. The Morgan fingerprint density at radius 1 is 1.45 bits per heavy atom. The maximum atomic E-state index is 11.9. The van der Waals surface area contributed by atoms with Gasteiger partial charge in [0, 0.05) is 0 Å². The first-order chi connectivity index (χ1) is 9.67. The van der Waals surface area contributed by atoms with Gasteiger partial charge in [0.25, 0.3) is 0 Å². The third kappa shape index (κ3) is 3.24. The molecule has 20 heavy (non-hydrogen) atoms. The van der Waals surface area contributed by atoms with Gasteiger partial charge in [-0.15, -0.1) is 0 Å². The summed E-state index contributed by atoms with van der Waals surface area (Å²) < 4.78 is 16.8. The van der Waals surface area contributed by atoms with E-state index in [4.69, 9.17) is 14.2 Å². The van der Waals surface area contributed by atoms with Gasteiger partial charge in [-0.25, -0.2) is 4.79 Å². The Labute approximate surface area is 126 Å². The van der Waals surface area contributed by atoms with Gasteiger partial charge in [0.1, 0.15) is 19.3 Å². The molecule has 0 aromatic heterocycles. The summed E-state index contributed by atoms with van der Waals surface area (Å²) in [6.45, 7) is 3.81. The van der Waals surface area contributed by atoms with Crippen molar-refractivity contribution in [2.75, 3.05) is 26.9 Å². The molecule has 0 saturated heterocycles. The highest BCUT2D eigenvalue weighted by atomic mass is 79.9. The number of ether oxygens (including phenoxy) is 3. The van der Waals surface area contributed by atoms with Crippen molar-refractivity contribution in [1.82, 2.24) is 5.32 Å². The summed E-state index contributed by atoms with van der Waals surface area (Å²) in [5, 5.41) is 3.18. The number of carbonyl (C=O) groups is 1. The lowest BCUT2D eigenvalue weighted by molar-refractivity contribution is -0.143. The van der Waals surface area contributed by atoms with E-state index in [9.17, 15) is 4.79 Å². The van der Waals surface area contributed by atoms with Crippen LogP contribution in [0.25, 0.3) is 0 Å². The SMILES string of the molecule is CCCNC(C(=O)OC)c1cc(Br)c2c(c1)OCCO2. The predicted molar refractivity (Wildman–Crippen MR) is 78.2 cm³/mol. The molecule has 1 N–H and O–H groups in total. The average molecular weight is 344 g/mol. The van der Waals surface area contributed by atoms with E-state index in [-0.39, 0.29) is 5.97 Å². The van der Waals surface area contributed by atoms with Crippen molar-refractivity contribution in [3.05, 3.63) is 22.2 Å². The van der Waals surface area contributed by atoms with Gasteiger partial charge in [0.2, 0.25) is 0 Å². The number of nitrogens with one attached hydrogen (secondary N) is 1. The highest BCUT2D eigenvalue weighted by molar-refractivity contribution is 9.10. The fourth-order valence-electron chi connectivity index (χ4n) is 2.04. The van der Waals surface area contributed by atoms with Crippen LogP contribution in [0.1, 0.15) is 24.9 Å². The monoisotopic (exact) mass is 343 g/mol. The minimum absolute atomic E-state index is 0.318. The van der Waals surface area contributed by atoms with Crippen LogP contribution in [0.15, 0.2) is 16.6 Å². The molecule has 110 valence electrons. The Morgan fingerprint density at radius 2 is 2.20 bits per heavy atom. The molecule has 0 saturated carbocycles. The third-order valence-corrected chi connectivity index (χ3v) is 3.58. The Bertz CT molecular complexity index is 492. The Hall–Kier alpha value is -1.27. The van der Waals surface area contributed by atoms with Crippen molar-refractivity contribution in [3.63, 3.8) is 0 Å². The molecule has 0 amide bonds. The van der Waals surface area contributed by atoms with Crippen molar-refractivity contribution >= 4 is 21.9 Å². The van der Waals surface area contributed by atoms with E-state index in [1.165, 1.54) is 7.11 Å². The summed E-state index contributed by atoms with van der Waals surface area (Å²) in [4.78, 5) is 11.9. The van der Waals surface area contributed by atoms with E-state index in [1.54, 1.807) is 0 Å². The zero-order valence-electron chi connectivity index (χ0n) is 11.6. The summed E-state index contributed by atoms with van der Waals surface area (Å²) in [5.41, 5.74) is 0.793. The second-order valence-corrected chi connectivity index (χ2v) is 5.29. The average Bonchev–Trinajstić information content (AvgIpc) is 2.47. The van der Waals surface area contributed by atoms with Crippen LogP contribution in [-0.4, -0.2) is 32.8 Å². The number of rotatable bonds is 5. The zero-order chi connectivity index (χ0) is 14.5. The molecule has 2 rings (SSSR count). The predicted octanol–water partition coefficient (Wildman–Crippen LogP) is 2.43. The Balaban J connectivity index is 2.32. The number of hydrogen-bond donors (Lipinski definition) is 1. The molecule has 1 aromatic rings. The number of benzene rings is 1. The fourth-order valence-corrected chi connectivity index (χ4v) is 2.62. The first-order valence-electron chi connectivity index (χ1n) is 6.57. The number of methoxy groups -OCH3 is 1. The molecule has 1 aliphatic rings. The first-order valence-corrected chi connectivity index (χ1v) is 7.37. The van der Waals surface area contributed by atoms with Gasteiger partial charge in [0.15, 0.2) is 11.5 Å². The summed E-state index contributed by atoms with van der Waals surface area (Å²) in [7, 11) is 1.38. The van der Waals surface area contributed by atoms with Crippen LogP contribution in [0, 0.1) is 0 Å². The van der Waals surface area contributed by atoms with Gasteiger partial charge in [-0.3, -0.25) is 0 Å². The molecule has 5 nitrogen and oxygen atoms in total. The maximum absolute atomic E-state index is 11.9. The van der Waals surface area contributed by atoms with E-state index in [1.807, 2.05) is 19.1 Å². The molecular formula is C14H18BrNO4. The van der Waals surface area contributed by atoms with Gasteiger partial charge < -0.3 is 19.5 Å². The van der Waals surface area contributed by atoms with Crippen LogP contribution in [0.4, 0.5) is 0 Å². The van der Waals surface area contributed by atoms with Crippen LogP contribution in [0.5, 0.6) is 11.5 Å². The molecule has 1 aromatic carbocycles. The first kappa shape index (κ1) is 15.1.